The molecular weight excluding hydrogens is 416 g/mol. The minimum Gasteiger partial charge on any atom is -0.497 e. The van der Waals surface area contributed by atoms with Gasteiger partial charge in [-0.3, -0.25) is 9.36 Å². The molecule has 2 aromatic rings. The van der Waals surface area contributed by atoms with Crippen molar-refractivity contribution in [2.24, 2.45) is 0 Å². The van der Waals surface area contributed by atoms with Crippen molar-refractivity contribution in [2.45, 2.75) is 37.3 Å². The molecule has 1 aromatic carbocycles. The van der Waals surface area contributed by atoms with E-state index in [4.69, 9.17) is 9.47 Å². The van der Waals surface area contributed by atoms with Crippen molar-refractivity contribution in [3.63, 3.8) is 0 Å². The first kappa shape index (κ1) is 23.1. The maximum absolute atomic E-state index is 12.7. The molecule has 1 aromatic heterocycles. The lowest BCUT2D eigenvalue weighted by Gasteiger charge is -2.23. The van der Waals surface area contributed by atoms with Gasteiger partial charge >= 0.3 is 5.69 Å². The van der Waals surface area contributed by atoms with Gasteiger partial charge in [-0.15, -0.1) is 0 Å². The zero-order valence-corrected chi connectivity index (χ0v) is 19.4. The van der Waals surface area contributed by atoms with E-state index >= 15 is 0 Å². The second-order valence-corrected chi connectivity index (χ2v) is 8.69. The average molecular weight is 447 g/mol. The van der Waals surface area contributed by atoms with Gasteiger partial charge in [0.2, 0.25) is 5.91 Å². The fourth-order valence-corrected chi connectivity index (χ4v) is 4.49. The van der Waals surface area contributed by atoms with Gasteiger partial charge in [0.05, 0.1) is 20.0 Å². The van der Waals surface area contributed by atoms with Crippen LogP contribution in [0.5, 0.6) is 11.5 Å². The zero-order chi connectivity index (χ0) is 22.4. The van der Waals surface area contributed by atoms with E-state index in [-0.39, 0.29) is 17.3 Å². The molecule has 0 atom stereocenters. The van der Waals surface area contributed by atoms with Crippen LogP contribution in [0.2, 0.25) is 0 Å². The minimum absolute atomic E-state index is 0.167. The van der Waals surface area contributed by atoms with Crippen LogP contribution in [0.15, 0.2) is 28.0 Å². The lowest BCUT2D eigenvalue weighted by Crippen LogP contribution is -2.33. The van der Waals surface area contributed by atoms with Crippen LogP contribution in [-0.2, 0) is 24.2 Å². The van der Waals surface area contributed by atoms with Gasteiger partial charge in [-0.1, -0.05) is 11.8 Å². The smallest absolute Gasteiger partial charge is 0.348 e. The summed E-state index contributed by atoms with van der Waals surface area (Å²) in [6, 6.07) is 5.21. The molecule has 1 aliphatic rings. The van der Waals surface area contributed by atoms with Crippen molar-refractivity contribution in [1.29, 1.82) is 0 Å². The van der Waals surface area contributed by atoms with Crippen LogP contribution in [0.25, 0.3) is 0 Å². The number of methoxy groups -OCH3 is 2. The van der Waals surface area contributed by atoms with Crippen molar-refractivity contribution in [2.75, 3.05) is 45.9 Å². The molecule has 0 radical (unpaired) electrons. The number of hydrogen-bond donors (Lipinski definition) is 1. The molecular formula is C22H30N4O4S. The maximum atomic E-state index is 12.7. The van der Waals surface area contributed by atoms with Crippen LogP contribution in [0.3, 0.4) is 0 Å². The van der Waals surface area contributed by atoms with E-state index in [1.54, 1.807) is 37.0 Å². The number of carbonyl (C=O) groups excluding carboxylic acids is 1. The summed E-state index contributed by atoms with van der Waals surface area (Å²) in [5.74, 6) is 1.18. The first-order valence-corrected chi connectivity index (χ1v) is 11.3. The Bertz CT molecular complexity index is 968. The Kier molecular flexibility index (Phi) is 7.97. The van der Waals surface area contributed by atoms with Gasteiger partial charge in [-0.05, 0) is 39.8 Å². The standard InChI is InChI=1S/C22H30N4O4S/c1-25(2)9-10-26-19-8-6-5-7-18(19)21(24-22(26)28)31-14-20(27)23-15-11-16(29-3)13-17(12-15)30-4/h11-13H,5-10,14H2,1-4H3,(H,23,27). The summed E-state index contributed by atoms with van der Waals surface area (Å²) in [5.41, 5.74) is 2.55. The lowest BCUT2D eigenvalue weighted by molar-refractivity contribution is -0.113. The van der Waals surface area contributed by atoms with Gasteiger partial charge in [-0.2, -0.15) is 4.98 Å². The van der Waals surface area contributed by atoms with E-state index in [1.807, 2.05) is 14.1 Å². The predicted octanol–water partition coefficient (Wildman–Crippen LogP) is 2.43. The molecule has 8 nitrogen and oxygen atoms in total. The van der Waals surface area contributed by atoms with Crippen LogP contribution in [-0.4, -0.2) is 61.0 Å². The Morgan fingerprint density at radius 2 is 1.84 bits per heavy atom. The van der Waals surface area contributed by atoms with Gasteiger partial charge in [-0.25, -0.2) is 4.79 Å². The van der Waals surface area contributed by atoms with Crippen molar-refractivity contribution in [3.8, 4) is 11.5 Å². The number of carbonyl (C=O) groups is 1. The van der Waals surface area contributed by atoms with Crippen molar-refractivity contribution < 1.29 is 14.3 Å². The molecule has 1 heterocycles. The molecule has 1 aliphatic carbocycles. The van der Waals surface area contributed by atoms with Gasteiger partial charge in [0, 0.05) is 48.2 Å². The fraction of sp³-hybridized carbons (Fsp3) is 0.500. The molecule has 0 bridgehead atoms. The third kappa shape index (κ3) is 6.01. The molecule has 0 unspecified atom stereocenters. The normalized spacial score (nSPS) is 13.1. The van der Waals surface area contributed by atoms with Crippen molar-refractivity contribution in [1.82, 2.24) is 14.5 Å². The number of nitrogens with zero attached hydrogens (tertiary/aromatic N) is 3. The number of aromatic nitrogens is 2. The largest absolute Gasteiger partial charge is 0.497 e. The summed E-state index contributed by atoms with van der Waals surface area (Å²) >= 11 is 1.32. The highest BCUT2D eigenvalue weighted by molar-refractivity contribution is 8.00. The van der Waals surface area contributed by atoms with Gasteiger partial charge < -0.3 is 19.7 Å². The number of amides is 1. The number of anilines is 1. The predicted molar refractivity (Wildman–Crippen MR) is 123 cm³/mol. The maximum Gasteiger partial charge on any atom is 0.348 e. The van der Waals surface area contributed by atoms with Crippen LogP contribution in [0.4, 0.5) is 5.69 Å². The van der Waals surface area contributed by atoms with Crippen molar-refractivity contribution in [3.05, 3.63) is 39.9 Å². The van der Waals surface area contributed by atoms with Crippen molar-refractivity contribution >= 4 is 23.4 Å². The van der Waals surface area contributed by atoms with E-state index in [9.17, 15) is 9.59 Å². The summed E-state index contributed by atoms with van der Waals surface area (Å²) in [4.78, 5) is 31.6. The Labute approximate surface area is 186 Å². The first-order chi connectivity index (χ1) is 14.9. The van der Waals surface area contributed by atoms with E-state index in [0.717, 1.165) is 43.5 Å². The SMILES string of the molecule is COc1cc(NC(=O)CSc2nc(=O)n(CCN(C)C)c3c2CCCC3)cc(OC)c1. The summed E-state index contributed by atoms with van der Waals surface area (Å²) in [5, 5.41) is 3.54. The average Bonchev–Trinajstić information content (AvgIpc) is 2.76. The van der Waals surface area contributed by atoms with E-state index in [2.05, 4.69) is 15.2 Å². The first-order valence-electron chi connectivity index (χ1n) is 10.3. The number of ether oxygens (including phenoxy) is 2. The van der Waals surface area contributed by atoms with Gasteiger partial charge in [0.25, 0.3) is 0 Å². The number of benzene rings is 1. The molecule has 0 fully saturated rings. The molecule has 3 rings (SSSR count). The summed E-state index contributed by atoms with van der Waals surface area (Å²) in [6.45, 7) is 1.41. The minimum atomic E-state index is -0.233. The third-order valence-corrected chi connectivity index (χ3v) is 6.21. The molecule has 0 aliphatic heterocycles. The molecule has 1 N–H and O–H groups in total. The highest BCUT2D eigenvalue weighted by Gasteiger charge is 2.21. The third-order valence-electron chi connectivity index (χ3n) is 5.20. The van der Waals surface area contributed by atoms with Crippen LogP contribution >= 0.6 is 11.8 Å². The monoisotopic (exact) mass is 446 g/mol. The molecule has 0 spiro atoms. The van der Waals surface area contributed by atoms with Gasteiger partial charge in [0.15, 0.2) is 0 Å². The Morgan fingerprint density at radius 1 is 1.16 bits per heavy atom. The number of thioether (sulfide) groups is 1. The molecule has 31 heavy (non-hydrogen) atoms. The molecule has 0 saturated heterocycles. The lowest BCUT2D eigenvalue weighted by atomic mass is 9.97. The quantitative estimate of drug-likeness (QED) is 0.468. The number of hydrogen-bond acceptors (Lipinski definition) is 7. The molecule has 168 valence electrons. The van der Waals surface area contributed by atoms with Crippen LogP contribution in [0, 0.1) is 0 Å². The fourth-order valence-electron chi connectivity index (χ4n) is 3.61. The Hall–Kier alpha value is -2.52. The van der Waals surface area contributed by atoms with Gasteiger partial charge in [0.1, 0.15) is 16.5 Å². The molecule has 9 heteroatoms. The van der Waals surface area contributed by atoms with Crippen LogP contribution in [0.1, 0.15) is 24.1 Å². The number of nitrogens with one attached hydrogen (secondary N) is 1. The summed E-state index contributed by atoms with van der Waals surface area (Å²) in [7, 11) is 7.11. The number of likely N-dealkylation sites (N-methyl/N-ethyl adjacent to an activating group) is 1. The molecule has 1 amide bonds. The zero-order valence-electron chi connectivity index (χ0n) is 18.6. The van der Waals surface area contributed by atoms with Crippen LogP contribution < -0.4 is 20.5 Å². The number of fused-ring (bicyclic) bond motifs is 1. The second-order valence-electron chi connectivity index (χ2n) is 7.72. The summed E-state index contributed by atoms with van der Waals surface area (Å²) < 4.78 is 12.3. The second kappa shape index (κ2) is 10.7. The van der Waals surface area contributed by atoms with E-state index < -0.39 is 0 Å². The van der Waals surface area contributed by atoms with E-state index in [1.165, 1.54) is 11.8 Å². The topological polar surface area (TPSA) is 85.7 Å². The highest BCUT2D eigenvalue weighted by Crippen LogP contribution is 2.29. The van der Waals surface area contributed by atoms with E-state index in [0.29, 0.717) is 28.8 Å². The summed E-state index contributed by atoms with van der Waals surface area (Å²) in [6.07, 6.45) is 3.91. The number of rotatable bonds is 9. The Balaban J connectivity index is 1.73. The Morgan fingerprint density at radius 3 is 2.48 bits per heavy atom. The highest BCUT2D eigenvalue weighted by atomic mass is 32.2. The molecule has 0 saturated carbocycles.